The zero-order valence-corrected chi connectivity index (χ0v) is 49.2. The van der Waals surface area contributed by atoms with Crippen LogP contribution in [0.5, 0.6) is 11.5 Å². The van der Waals surface area contributed by atoms with Gasteiger partial charge in [-0.2, -0.15) is 0 Å². The minimum absolute atomic E-state index is 0. The molecule has 11 rings (SSSR count). The number of anilines is 4. The van der Waals surface area contributed by atoms with Crippen LogP contribution in [-0.4, -0.2) is 173 Å². The molecule has 3 atom stereocenters. The van der Waals surface area contributed by atoms with Crippen LogP contribution in [0.1, 0.15) is 96.3 Å². The van der Waals surface area contributed by atoms with E-state index in [-0.39, 0.29) is 65.2 Å². The van der Waals surface area contributed by atoms with Gasteiger partial charge in [0.1, 0.15) is 54.1 Å². The molecule has 0 unspecified atom stereocenters. The Kier molecular flexibility index (Phi) is 24.0. The van der Waals surface area contributed by atoms with Gasteiger partial charge in [-0.25, -0.2) is 38.7 Å². The van der Waals surface area contributed by atoms with Gasteiger partial charge in [-0.1, -0.05) is 12.1 Å². The van der Waals surface area contributed by atoms with Crippen LogP contribution in [0.4, 0.5) is 42.2 Å². The van der Waals surface area contributed by atoms with E-state index in [2.05, 4.69) is 78.7 Å². The number of ether oxygens (including phenoxy) is 6. The molecule has 2 aromatic heterocycles. The number of hydrogen-bond donors (Lipinski definition) is 6. The fraction of sp³-hybridized carbons (Fsp3) is 0.509. The highest BCUT2D eigenvalue weighted by Crippen LogP contribution is 2.44. The van der Waals surface area contributed by atoms with Crippen LogP contribution in [0.15, 0.2) is 60.9 Å². The summed E-state index contributed by atoms with van der Waals surface area (Å²) in [6, 6.07) is 13.4. The Bertz CT molecular complexity index is 2850. The maximum Gasteiger partial charge on any atom is 0.414 e. The molecule has 448 valence electrons. The number of alkyl carbamates (subject to hydrolysis) is 2. The minimum atomic E-state index is -1.07. The lowest BCUT2D eigenvalue weighted by atomic mass is 10.1. The molecule has 0 radical (unpaired) electrons. The normalized spacial score (nSPS) is 20.1. The van der Waals surface area contributed by atoms with Gasteiger partial charge in [0, 0.05) is 70.8 Å². The molecular formula is C57H79ClN10O14. The van der Waals surface area contributed by atoms with Crippen LogP contribution in [-0.2, 0) is 18.9 Å². The van der Waals surface area contributed by atoms with Crippen molar-refractivity contribution in [2.75, 3.05) is 113 Å². The molecule has 4 amide bonds. The van der Waals surface area contributed by atoms with Gasteiger partial charge in [0.25, 0.3) is 0 Å². The Morgan fingerprint density at radius 2 is 1.23 bits per heavy atom. The number of nitrogens with zero attached hydrogens (tertiary/aromatic N) is 6. The number of amides is 4. The zero-order valence-electron chi connectivity index (χ0n) is 48.4. The third kappa shape index (κ3) is 18.3. The molecule has 82 heavy (non-hydrogen) atoms. The molecule has 0 spiro atoms. The zero-order chi connectivity index (χ0) is 59.0. The summed E-state index contributed by atoms with van der Waals surface area (Å²) in [5.41, 5.74) is 6.24. The van der Waals surface area contributed by atoms with Crippen LogP contribution in [0.2, 0.25) is 0 Å². The average Bonchev–Trinajstić information content (AvgIpc) is 4.03. The number of cyclic esters (lactones) is 4. The van der Waals surface area contributed by atoms with Crippen molar-refractivity contribution in [2.45, 2.75) is 97.9 Å². The van der Waals surface area contributed by atoms with Gasteiger partial charge in [-0.05, 0) is 127 Å². The summed E-state index contributed by atoms with van der Waals surface area (Å²) < 4.78 is 29.3. The lowest BCUT2D eigenvalue weighted by Gasteiger charge is -2.30. The largest absolute Gasteiger partial charge is 0.496 e. The molecule has 8 heterocycles. The number of carbonyl (C=O) groups is 6. The first kappa shape index (κ1) is 65.0. The van der Waals surface area contributed by atoms with Gasteiger partial charge in [0.2, 0.25) is 0 Å². The number of halogens is 1. The van der Waals surface area contributed by atoms with Crippen molar-refractivity contribution in [2.24, 2.45) is 0 Å². The predicted molar refractivity (Wildman–Crippen MR) is 311 cm³/mol. The van der Waals surface area contributed by atoms with Crippen molar-refractivity contribution in [1.29, 1.82) is 0 Å². The minimum Gasteiger partial charge on any atom is -0.496 e. The number of rotatable bonds is 9. The van der Waals surface area contributed by atoms with Crippen LogP contribution in [0, 0.1) is 20.8 Å². The summed E-state index contributed by atoms with van der Waals surface area (Å²) in [5.74, 6) is 1.61. The number of carbonyl (C=O) groups excluding carboxylic acids is 4. The Hall–Kier alpha value is -7.83. The van der Waals surface area contributed by atoms with Crippen molar-refractivity contribution >= 4 is 71.7 Å². The summed E-state index contributed by atoms with van der Waals surface area (Å²) in [4.78, 5) is 82.3. The summed E-state index contributed by atoms with van der Waals surface area (Å²) in [7, 11) is 2.81. The first-order valence-electron chi connectivity index (χ1n) is 27.0. The highest BCUT2D eigenvalue weighted by molar-refractivity contribution is 5.96. The first-order valence-corrected chi connectivity index (χ1v) is 27.0. The van der Waals surface area contributed by atoms with Crippen molar-refractivity contribution < 1.29 is 67.4 Å². The van der Waals surface area contributed by atoms with Gasteiger partial charge in [-0.3, -0.25) is 9.80 Å². The Labute approximate surface area is 484 Å². The maximum atomic E-state index is 11.6. The van der Waals surface area contributed by atoms with Crippen LogP contribution in [0.25, 0.3) is 0 Å². The molecule has 7 fully saturated rings. The van der Waals surface area contributed by atoms with Crippen LogP contribution in [0.3, 0.4) is 0 Å². The first-order chi connectivity index (χ1) is 38.6. The third-order valence-electron chi connectivity index (χ3n) is 13.5. The Balaban J connectivity index is 0.000000185. The van der Waals surface area contributed by atoms with Crippen LogP contribution < -0.4 is 50.3 Å². The highest BCUT2D eigenvalue weighted by Gasteiger charge is 2.35. The number of benzene rings is 2. The number of nitrogens with one attached hydrogen (secondary N) is 4. The number of hydrogen-bond acceptors (Lipinski definition) is 18. The number of pyridine rings is 2. The summed E-state index contributed by atoms with van der Waals surface area (Å²) in [5, 5.41) is 29.7. The molecule has 2 aromatic carbocycles. The Morgan fingerprint density at radius 3 is 1.66 bits per heavy atom. The molecule has 6 saturated heterocycles. The van der Waals surface area contributed by atoms with E-state index in [9.17, 15) is 28.8 Å². The maximum absolute atomic E-state index is 11.6. The standard InChI is InChI=1S/C13H19N3.2C12H13NO5.C11H17N3.C5H9NO2.C4H7NO2.ClH/c1-10-8-12(11-2-3-11)13(15-9-10)16-6-4-14-5-7-16;1-7-6-18-12(16)13(7)8-3-4-9(11(14)15)10(5-8)17-2;1-7-6-18-12(16)13(7)9-4-3-8(11(14)15)5-10(9)17-2;1-9-7-10(2)11(13-8-9)14-5-3-12-4-6-14;1-5(2)3-6-4(7)8-5;1-3-2-7-4(6)5-3;/h8-9,11,14H,2-7H2,1H3;2*3-5,7H,6H2,1-2H3,(H,14,15);7-8,12H,3-6H2,1-2H3;3H2,1-2H3,(H,6,7);3H,2H2,1H3,(H,5,6);1H/t;2*7-;;;3-;/m.11..0./s1. The number of carboxylic acids is 2. The second-order valence-corrected chi connectivity index (χ2v) is 20.9. The quantitative estimate of drug-likeness (QED) is 0.0896. The monoisotopic (exact) mass is 1160 g/mol. The fourth-order valence-corrected chi connectivity index (χ4v) is 9.17. The fourth-order valence-electron chi connectivity index (χ4n) is 9.17. The van der Waals surface area contributed by atoms with Crippen LogP contribution >= 0.6 is 12.4 Å². The molecule has 25 heteroatoms. The van der Waals surface area contributed by atoms with E-state index in [1.54, 1.807) is 12.1 Å². The predicted octanol–water partition coefficient (Wildman–Crippen LogP) is 7.30. The van der Waals surface area contributed by atoms with E-state index in [1.165, 1.54) is 89.2 Å². The second-order valence-electron chi connectivity index (χ2n) is 20.9. The molecule has 6 aliphatic heterocycles. The third-order valence-corrected chi connectivity index (χ3v) is 13.5. The molecule has 0 bridgehead atoms. The van der Waals surface area contributed by atoms with Gasteiger partial charge in [0.05, 0.1) is 55.8 Å². The Morgan fingerprint density at radius 1 is 0.671 bits per heavy atom. The van der Waals surface area contributed by atoms with E-state index in [0.717, 1.165) is 64.1 Å². The van der Waals surface area contributed by atoms with Gasteiger partial charge >= 0.3 is 36.3 Å². The van der Waals surface area contributed by atoms with Gasteiger partial charge < -0.3 is 69.7 Å². The molecule has 7 aliphatic rings. The lowest BCUT2D eigenvalue weighted by Crippen LogP contribution is -2.44. The molecule has 4 aromatic rings. The number of aromatic carboxylic acids is 2. The SMILES string of the molecule is CC1(C)CNC(=O)O1.COc1cc(C(=O)O)ccc1N1C(=O)OC[C@H]1C.COc1cc(N2C(=O)OC[C@H]2C)ccc1C(=O)O.C[C@H]1COC(=O)N1.Cc1cnc(N2CCNCC2)c(C)c1.Cc1cnc(N2CCNCC2)c(C2CC2)c1.Cl. The highest BCUT2D eigenvalue weighted by atomic mass is 35.5. The average molecular weight is 1160 g/mol. The molecule has 6 N–H and O–H groups in total. The summed E-state index contributed by atoms with van der Waals surface area (Å²) in [6.07, 6.45) is 5.15. The van der Waals surface area contributed by atoms with E-state index in [0.29, 0.717) is 43.5 Å². The number of aryl methyl sites for hydroxylation is 3. The van der Waals surface area contributed by atoms with Crippen molar-refractivity contribution in [1.82, 2.24) is 31.2 Å². The van der Waals surface area contributed by atoms with Gasteiger partial charge in [-0.15, -0.1) is 12.4 Å². The number of methoxy groups -OCH3 is 2. The summed E-state index contributed by atoms with van der Waals surface area (Å²) in [6.45, 7) is 26.1. The summed E-state index contributed by atoms with van der Waals surface area (Å²) >= 11 is 0. The lowest BCUT2D eigenvalue weighted by molar-refractivity contribution is 0.0684. The van der Waals surface area contributed by atoms with E-state index >= 15 is 0 Å². The van der Waals surface area contributed by atoms with Crippen molar-refractivity contribution in [3.63, 3.8) is 0 Å². The van der Waals surface area contributed by atoms with E-state index in [4.69, 9.17) is 33.9 Å². The molecule has 24 nitrogen and oxygen atoms in total. The number of aromatic nitrogens is 2. The number of carboxylic acid groups (broad SMARTS) is 2. The van der Waals surface area contributed by atoms with Crippen molar-refractivity contribution in [3.05, 3.63) is 94.3 Å². The van der Waals surface area contributed by atoms with E-state index in [1.807, 2.05) is 47.0 Å². The second kappa shape index (κ2) is 30.3. The molecule has 1 saturated carbocycles. The topological polar surface area (TPSA) is 285 Å². The number of piperazine rings is 2. The van der Waals surface area contributed by atoms with Crippen molar-refractivity contribution in [3.8, 4) is 11.5 Å². The molecular weight excluding hydrogens is 1080 g/mol. The molecule has 1 aliphatic carbocycles. The van der Waals surface area contributed by atoms with E-state index < -0.39 is 24.1 Å². The van der Waals surface area contributed by atoms with Gasteiger partial charge in [0.15, 0.2) is 0 Å². The smallest absolute Gasteiger partial charge is 0.414 e.